The Morgan fingerprint density at radius 2 is 2.19 bits per heavy atom. The Morgan fingerprint density at radius 1 is 1.48 bits per heavy atom. The number of ether oxygens (including phenoxy) is 1. The molecular formula is C13H13ClF3NO3. The van der Waals surface area contributed by atoms with Gasteiger partial charge in [0.15, 0.2) is 0 Å². The number of halogens is 4. The van der Waals surface area contributed by atoms with Gasteiger partial charge in [0.2, 0.25) is 0 Å². The van der Waals surface area contributed by atoms with Gasteiger partial charge in [-0.15, -0.1) is 0 Å². The maximum Gasteiger partial charge on any atom is 0.417 e. The van der Waals surface area contributed by atoms with Gasteiger partial charge in [-0.1, -0.05) is 11.6 Å². The highest BCUT2D eigenvalue weighted by atomic mass is 35.5. The Morgan fingerprint density at radius 3 is 2.81 bits per heavy atom. The van der Waals surface area contributed by atoms with Gasteiger partial charge in [0.05, 0.1) is 16.7 Å². The van der Waals surface area contributed by atoms with Crippen LogP contribution in [0.3, 0.4) is 0 Å². The van der Waals surface area contributed by atoms with Gasteiger partial charge >= 0.3 is 12.1 Å². The van der Waals surface area contributed by atoms with Crippen LogP contribution >= 0.6 is 11.6 Å². The third kappa shape index (κ3) is 4.01. The van der Waals surface area contributed by atoms with Gasteiger partial charge in [0, 0.05) is 18.8 Å². The van der Waals surface area contributed by atoms with Crippen LogP contribution in [0.15, 0.2) is 18.2 Å². The van der Waals surface area contributed by atoms with Gasteiger partial charge in [-0.25, -0.2) is 4.79 Å². The smallest absolute Gasteiger partial charge is 0.417 e. The normalized spacial score (nSPS) is 19.0. The number of carboxylic acids is 1. The van der Waals surface area contributed by atoms with Crippen molar-refractivity contribution in [2.75, 3.05) is 24.6 Å². The lowest BCUT2D eigenvalue weighted by Crippen LogP contribution is -2.24. The molecule has 1 unspecified atom stereocenters. The Bertz CT molecular complexity index is 536. The molecule has 0 aliphatic carbocycles. The molecule has 1 atom stereocenters. The lowest BCUT2D eigenvalue weighted by molar-refractivity contribution is -0.144. The van der Waals surface area contributed by atoms with Crippen LogP contribution in [0.4, 0.5) is 18.9 Å². The van der Waals surface area contributed by atoms with E-state index in [9.17, 15) is 18.0 Å². The Labute approximate surface area is 124 Å². The number of hydrogen-bond donors (Lipinski definition) is 1. The summed E-state index contributed by atoms with van der Waals surface area (Å²) in [5.74, 6) is -1.07. The number of alkyl halides is 3. The largest absolute Gasteiger partial charge is 0.480 e. The molecule has 1 aromatic rings. The first-order valence-electron chi connectivity index (χ1n) is 6.22. The predicted molar refractivity (Wildman–Crippen MR) is 70.7 cm³/mol. The molecule has 0 radical (unpaired) electrons. The summed E-state index contributed by atoms with van der Waals surface area (Å²) in [5.41, 5.74) is -0.482. The lowest BCUT2D eigenvalue weighted by Gasteiger charge is -2.20. The van der Waals surface area contributed by atoms with Crippen molar-refractivity contribution in [1.82, 2.24) is 0 Å². The Balaban J connectivity index is 2.08. The fourth-order valence-corrected chi connectivity index (χ4v) is 2.44. The second kappa shape index (κ2) is 6.11. The van der Waals surface area contributed by atoms with Crippen LogP contribution in [0.5, 0.6) is 0 Å². The van der Waals surface area contributed by atoms with Gasteiger partial charge in [0.25, 0.3) is 0 Å². The molecule has 2 rings (SSSR count). The Hall–Kier alpha value is -1.47. The minimum absolute atomic E-state index is 0.300. The molecule has 1 heterocycles. The third-order valence-corrected chi connectivity index (χ3v) is 3.54. The molecule has 21 heavy (non-hydrogen) atoms. The number of rotatable bonds is 4. The van der Waals surface area contributed by atoms with Crippen LogP contribution < -0.4 is 4.90 Å². The number of hydrogen-bond acceptors (Lipinski definition) is 3. The van der Waals surface area contributed by atoms with Crippen LogP contribution in [-0.4, -0.2) is 36.9 Å². The summed E-state index contributed by atoms with van der Waals surface area (Å²) >= 11 is 5.57. The number of carbonyl (C=O) groups is 1. The molecule has 0 saturated carbocycles. The van der Waals surface area contributed by atoms with E-state index in [-0.39, 0.29) is 11.1 Å². The van der Waals surface area contributed by atoms with Crippen molar-refractivity contribution >= 4 is 23.3 Å². The highest BCUT2D eigenvalue weighted by Crippen LogP contribution is 2.37. The monoisotopic (exact) mass is 323 g/mol. The van der Waals surface area contributed by atoms with E-state index < -0.39 is 24.3 Å². The van der Waals surface area contributed by atoms with Crippen LogP contribution in [0, 0.1) is 0 Å². The van der Waals surface area contributed by atoms with Crippen LogP contribution in [0.2, 0.25) is 5.02 Å². The predicted octanol–water partition coefficient (Wildman–Crippen LogP) is 3.04. The van der Waals surface area contributed by atoms with E-state index in [1.54, 1.807) is 4.90 Å². The number of nitrogens with zero attached hydrogens (tertiary/aromatic N) is 1. The maximum absolute atomic E-state index is 12.8. The van der Waals surface area contributed by atoms with Crippen molar-refractivity contribution in [3.05, 3.63) is 28.8 Å². The molecule has 1 aliphatic heterocycles. The summed E-state index contributed by atoms with van der Waals surface area (Å²) in [6.07, 6.45) is -4.24. The van der Waals surface area contributed by atoms with Crippen molar-refractivity contribution in [3.63, 3.8) is 0 Å². The zero-order valence-electron chi connectivity index (χ0n) is 10.9. The van der Waals surface area contributed by atoms with Crippen LogP contribution in [0.25, 0.3) is 0 Å². The molecule has 0 amide bonds. The van der Waals surface area contributed by atoms with Crippen molar-refractivity contribution in [1.29, 1.82) is 0 Å². The number of aliphatic carboxylic acids is 1. The quantitative estimate of drug-likeness (QED) is 0.925. The van der Waals surface area contributed by atoms with E-state index in [1.807, 2.05) is 0 Å². The zero-order valence-corrected chi connectivity index (χ0v) is 11.6. The van der Waals surface area contributed by atoms with E-state index in [2.05, 4.69) is 0 Å². The van der Waals surface area contributed by atoms with Crippen LogP contribution in [0.1, 0.15) is 12.0 Å². The molecule has 1 saturated heterocycles. The van der Waals surface area contributed by atoms with Crippen molar-refractivity contribution in [2.45, 2.75) is 18.7 Å². The number of carboxylic acid groups (broad SMARTS) is 1. The first kappa shape index (κ1) is 15.9. The average molecular weight is 324 g/mol. The fraction of sp³-hybridized carbons (Fsp3) is 0.462. The first-order valence-corrected chi connectivity index (χ1v) is 6.60. The van der Waals surface area contributed by atoms with E-state index >= 15 is 0 Å². The summed E-state index contributed by atoms with van der Waals surface area (Å²) < 4.78 is 43.6. The average Bonchev–Trinajstić information content (AvgIpc) is 2.84. The van der Waals surface area contributed by atoms with E-state index in [0.29, 0.717) is 25.2 Å². The number of anilines is 1. The minimum Gasteiger partial charge on any atom is -0.480 e. The maximum atomic E-state index is 12.8. The third-order valence-electron chi connectivity index (χ3n) is 3.21. The van der Waals surface area contributed by atoms with Crippen molar-refractivity contribution in [3.8, 4) is 0 Å². The molecule has 1 aromatic carbocycles. The van der Waals surface area contributed by atoms with Crippen molar-refractivity contribution < 1.29 is 27.8 Å². The number of benzene rings is 1. The van der Waals surface area contributed by atoms with Crippen molar-refractivity contribution in [2.24, 2.45) is 0 Å². The highest BCUT2D eigenvalue weighted by Gasteiger charge is 2.34. The van der Waals surface area contributed by atoms with Crippen LogP contribution in [-0.2, 0) is 15.7 Å². The molecule has 8 heteroatoms. The zero-order chi connectivity index (χ0) is 15.6. The second-order valence-corrected chi connectivity index (χ2v) is 5.13. The topological polar surface area (TPSA) is 49.8 Å². The summed E-state index contributed by atoms with van der Waals surface area (Å²) in [6.45, 7) is 0.447. The molecule has 1 fully saturated rings. The van der Waals surface area contributed by atoms with Gasteiger partial charge in [-0.05, 0) is 24.6 Å². The summed E-state index contributed by atoms with van der Waals surface area (Å²) in [7, 11) is 0. The summed E-state index contributed by atoms with van der Waals surface area (Å²) in [5, 5.41) is 8.19. The van der Waals surface area contributed by atoms with E-state index in [4.69, 9.17) is 21.4 Å². The van der Waals surface area contributed by atoms with Gasteiger partial charge in [-0.2, -0.15) is 13.2 Å². The van der Waals surface area contributed by atoms with Gasteiger partial charge < -0.3 is 14.7 Å². The standard InChI is InChI=1S/C13H13ClF3NO3/c14-11-2-1-8(5-10(11)13(15,16)17)18-4-3-9(6-18)21-7-12(19)20/h1-2,5,9H,3-4,6-7H2,(H,19,20). The second-order valence-electron chi connectivity index (χ2n) is 4.72. The fourth-order valence-electron chi connectivity index (χ4n) is 2.22. The molecular weight excluding hydrogens is 311 g/mol. The molecule has 1 aliphatic rings. The minimum atomic E-state index is -4.51. The SMILES string of the molecule is O=C(O)COC1CCN(c2ccc(Cl)c(C(F)(F)F)c2)C1. The molecule has 4 nitrogen and oxygen atoms in total. The molecule has 116 valence electrons. The van der Waals surface area contributed by atoms with Gasteiger partial charge in [0.1, 0.15) is 6.61 Å². The first-order chi connectivity index (χ1) is 9.77. The van der Waals surface area contributed by atoms with Gasteiger partial charge in [-0.3, -0.25) is 0 Å². The van der Waals surface area contributed by atoms with E-state index in [0.717, 1.165) is 6.07 Å². The molecule has 0 aromatic heterocycles. The Kier molecular flexibility index (Phi) is 4.63. The highest BCUT2D eigenvalue weighted by molar-refractivity contribution is 6.31. The summed E-state index contributed by atoms with van der Waals surface area (Å²) in [4.78, 5) is 12.1. The van der Waals surface area contributed by atoms with E-state index in [1.165, 1.54) is 12.1 Å². The summed E-state index contributed by atoms with van der Waals surface area (Å²) in [6, 6.07) is 3.73. The molecule has 0 bridgehead atoms. The molecule has 0 spiro atoms. The molecule has 1 N–H and O–H groups in total. The lowest BCUT2D eigenvalue weighted by atomic mass is 10.2.